The maximum Gasteiger partial charge on any atom is 0.296 e. The minimum atomic E-state index is -0.777. The summed E-state index contributed by atoms with van der Waals surface area (Å²) in [4.78, 5) is 27.9. The second kappa shape index (κ2) is 6.78. The summed E-state index contributed by atoms with van der Waals surface area (Å²) in [6.07, 6.45) is 1.49. The number of ketones is 1. The number of carbonyl (C=O) groups excluding carboxylic acids is 2. The Morgan fingerprint density at radius 1 is 1.16 bits per heavy atom. The minimum absolute atomic E-state index is 0.250. The first-order valence-electron chi connectivity index (χ1n) is 7.37. The molecule has 7 heteroatoms. The van der Waals surface area contributed by atoms with Gasteiger partial charge in [-0.2, -0.15) is 0 Å². The molecular formula is C18H14Cl2N2O3. The van der Waals surface area contributed by atoms with Gasteiger partial charge in [0.1, 0.15) is 5.75 Å². The van der Waals surface area contributed by atoms with E-state index in [4.69, 9.17) is 27.9 Å². The molecule has 0 atom stereocenters. The quantitative estimate of drug-likeness (QED) is 0.515. The van der Waals surface area contributed by atoms with Crippen molar-refractivity contribution < 1.29 is 14.3 Å². The van der Waals surface area contributed by atoms with Gasteiger partial charge >= 0.3 is 0 Å². The number of hydrogen-bond donors (Lipinski definition) is 2. The third-order valence-electron chi connectivity index (χ3n) is 3.82. The molecular weight excluding hydrogens is 363 g/mol. The maximum absolute atomic E-state index is 12.5. The molecule has 0 spiro atoms. The van der Waals surface area contributed by atoms with Crippen molar-refractivity contribution in [3.63, 3.8) is 0 Å². The standard InChI is InChI=1S/C18H14Cl2N2O3/c1-9-5-15(16(25-2)7-13(9)20)22-18(24)17(23)12-8-21-14-4-3-10(19)6-11(12)14/h3-8,21H,1-2H3,(H,22,24). The van der Waals surface area contributed by atoms with Gasteiger partial charge in [-0.3, -0.25) is 9.59 Å². The lowest BCUT2D eigenvalue weighted by Crippen LogP contribution is -2.23. The third kappa shape index (κ3) is 3.34. The molecule has 0 radical (unpaired) electrons. The molecule has 3 aromatic rings. The zero-order valence-electron chi connectivity index (χ0n) is 13.4. The smallest absolute Gasteiger partial charge is 0.296 e. The van der Waals surface area contributed by atoms with Crippen LogP contribution in [0.5, 0.6) is 5.75 Å². The van der Waals surface area contributed by atoms with E-state index in [1.807, 2.05) is 0 Å². The molecule has 5 nitrogen and oxygen atoms in total. The molecule has 25 heavy (non-hydrogen) atoms. The molecule has 0 aliphatic rings. The first-order chi connectivity index (χ1) is 11.9. The van der Waals surface area contributed by atoms with Crippen LogP contribution in [-0.4, -0.2) is 23.8 Å². The number of benzene rings is 2. The number of aromatic nitrogens is 1. The van der Waals surface area contributed by atoms with Gasteiger partial charge in [-0.25, -0.2) is 0 Å². The highest BCUT2D eigenvalue weighted by atomic mass is 35.5. The van der Waals surface area contributed by atoms with Crippen LogP contribution in [0.4, 0.5) is 5.69 Å². The average Bonchev–Trinajstić information content (AvgIpc) is 3.00. The van der Waals surface area contributed by atoms with Gasteiger partial charge in [0, 0.05) is 33.2 Å². The predicted octanol–water partition coefficient (Wildman–Crippen LogP) is 4.61. The largest absolute Gasteiger partial charge is 0.495 e. The number of hydrogen-bond acceptors (Lipinski definition) is 3. The topological polar surface area (TPSA) is 71.2 Å². The summed E-state index contributed by atoms with van der Waals surface area (Å²) in [7, 11) is 1.46. The second-order valence-electron chi connectivity index (χ2n) is 5.48. The lowest BCUT2D eigenvalue weighted by Gasteiger charge is -2.11. The first kappa shape index (κ1) is 17.3. The van der Waals surface area contributed by atoms with Gasteiger partial charge in [0.2, 0.25) is 0 Å². The number of halogens is 2. The number of ether oxygens (including phenoxy) is 1. The highest BCUT2D eigenvalue weighted by molar-refractivity contribution is 6.48. The van der Waals surface area contributed by atoms with Crippen molar-refractivity contribution >= 4 is 51.5 Å². The number of rotatable bonds is 4. The van der Waals surface area contributed by atoms with Gasteiger partial charge in [-0.1, -0.05) is 23.2 Å². The fourth-order valence-electron chi connectivity index (χ4n) is 2.51. The van der Waals surface area contributed by atoms with E-state index in [1.54, 1.807) is 37.3 Å². The molecule has 0 unspecified atom stereocenters. The van der Waals surface area contributed by atoms with Crippen molar-refractivity contribution in [3.8, 4) is 5.75 Å². The Bertz CT molecular complexity index is 995. The molecule has 0 saturated carbocycles. The number of aromatic amines is 1. The van der Waals surface area contributed by atoms with Gasteiger partial charge in [-0.05, 0) is 36.8 Å². The molecule has 0 aliphatic carbocycles. The van der Waals surface area contributed by atoms with Crippen LogP contribution in [0.2, 0.25) is 10.0 Å². The van der Waals surface area contributed by atoms with Crippen molar-refractivity contribution in [2.45, 2.75) is 6.92 Å². The number of anilines is 1. The Morgan fingerprint density at radius 2 is 1.92 bits per heavy atom. The Balaban J connectivity index is 1.92. The van der Waals surface area contributed by atoms with Crippen LogP contribution in [0, 0.1) is 6.92 Å². The summed E-state index contributed by atoms with van der Waals surface area (Å²) in [6, 6.07) is 8.33. The molecule has 1 heterocycles. The van der Waals surface area contributed by atoms with E-state index in [-0.39, 0.29) is 5.56 Å². The van der Waals surface area contributed by atoms with Crippen LogP contribution in [-0.2, 0) is 4.79 Å². The van der Waals surface area contributed by atoms with Gasteiger partial charge < -0.3 is 15.0 Å². The van der Waals surface area contributed by atoms with E-state index in [1.165, 1.54) is 13.3 Å². The van der Waals surface area contributed by atoms with Crippen LogP contribution in [0.25, 0.3) is 10.9 Å². The Kier molecular flexibility index (Phi) is 4.70. The number of Topliss-reactive ketones (excluding diaryl/α,β-unsaturated/α-hetero) is 1. The van der Waals surface area contributed by atoms with Crippen molar-refractivity contribution in [3.05, 3.63) is 57.7 Å². The first-order valence-corrected chi connectivity index (χ1v) is 8.12. The number of fused-ring (bicyclic) bond motifs is 1. The normalized spacial score (nSPS) is 10.7. The summed E-state index contributed by atoms with van der Waals surface area (Å²) in [5.74, 6) is -1.08. The molecule has 0 aliphatic heterocycles. The van der Waals surface area contributed by atoms with E-state index in [9.17, 15) is 9.59 Å². The lowest BCUT2D eigenvalue weighted by molar-refractivity contribution is -0.112. The molecule has 128 valence electrons. The molecule has 2 aromatic carbocycles. The fraction of sp³-hybridized carbons (Fsp3) is 0.111. The molecule has 1 amide bonds. The number of aryl methyl sites for hydroxylation is 1. The van der Waals surface area contributed by atoms with Gasteiger partial charge in [0.15, 0.2) is 0 Å². The van der Waals surface area contributed by atoms with Crippen LogP contribution < -0.4 is 10.1 Å². The monoisotopic (exact) mass is 376 g/mol. The Morgan fingerprint density at radius 3 is 2.64 bits per heavy atom. The highest BCUT2D eigenvalue weighted by Crippen LogP contribution is 2.31. The fourth-order valence-corrected chi connectivity index (χ4v) is 2.84. The van der Waals surface area contributed by atoms with Crippen LogP contribution >= 0.6 is 23.2 Å². The van der Waals surface area contributed by atoms with E-state index in [0.717, 1.165) is 11.1 Å². The second-order valence-corrected chi connectivity index (χ2v) is 6.32. The SMILES string of the molecule is COc1cc(Cl)c(C)cc1NC(=O)C(=O)c1c[nH]c2ccc(Cl)cc12. The van der Waals surface area contributed by atoms with Crippen LogP contribution in [0.1, 0.15) is 15.9 Å². The van der Waals surface area contributed by atoms with E-state index in [0.29, 0.717) is 26.9 Å². The minimum Gasteiger partial charge on any atom is -0.495 e. The van der Waals surface area contributed by atoms with Crippen LogP contribution in [0.3, 0.4) is 0 Å². The highest BCUT2D eigenvalue weighted by Gasteiger charge is 2.21. The number of nitrogens with one attached hydrogen (secondary N) is 2. The average molecular weight is 377 g/mol. The van der Waals surface area contributed by atoms with Gasteiger partial charge in [0.05, 0.1) is 18.4 Å². The maximum atomic E-state index is 12.5. The Hall–Kier alpha value is -2.50. The van der Waals surface area contributed by atoms with E-state index in [2.05, 4.69) is 10.3 Å². The number of H-pyrrole nitrogens is 1. The van der Waals surface area contributed by atoms with Crippen LogP contribution in [0.15, 0.2) is 36.5 Å². The predicted molar refractivity (Wildman–Crippen MR) is 99.0 cm³/mol. The summed E-state index contributed by atoms with van der Waals surface area (Å²) >= 11 is 12.0. The zero-order valence-corrected chi connectivity index (χ0v) is 15.0. The molecule has 0 bridgehead atoms. The summed E-state index contributed by atoms with van der Waals surface area (Å²) < 4.78 is 5.20. The Labute approximate surface area is 153 Å². The summed E-state index contributed by atoms with van der Waals surface area (Å²) in [5, 5.41) is 4.16. The van der Waals surface area contributed by atoms with Gasteiger partial charge in [0.25, 0.3) is 11.7 Å². The van der Waals surface area contributed by atoms with E-state index >= 15 is 0 Å². The molecule has 1 aromatic heterocycles. The van der Waals surface area contributed by atoms with Crippen molar-refractivity contribution in [2.24, 2.45) is 0 Å². The van der Waals surface area contributed by atoms with E-state index < -0.39 is 11.7 Å². The summed E-state index contributed by atoms with van der Waals surface area (Å²) in [5.41, 5.74) is 2.10. The van der Waals surface area contributed by atoms with Crippen molar-refractivity contribution in [1.29, 1.82) is 0 Å². The summed E-state index contributed by atoms with van der Waals surface area (Å²) in [6.45, 7) is 1.79. The molecule has 0 saturated heterocycles. The lowest BCUT2D eigenvalue weighted by atomic mass is 10.1. The third-order valence-corrected chi connectivity index (χ3v) is 4.47. The van der Waals surface area contributed by atoms with Crippen molar-refractivity contribution in [2.75, 3.05) is 12.4 Å². The number of amides is 1. The molecule has 3 rings (SSSR count). The number of methoxy groups -OCH3 is 1. The van der Waals surface area contributed by atoms with Gasteiger partial charge in [-0.15, -0.1) is 0 Å². The molecule has 2 N–H and O–H groups in total. The van der Waals surface area contributed by atoms with Crippen molar-refractivity contribution in [1.82, 2.24) is 4.98 Å². The number of carbonyl (C=O) groups is 2. The zero-order chi connectivity index (χ0) is 18.1. The molecule has 0 fully saturated rings.